The molecule has 0 spiro atoms. The van der Waals surface area contributed by atoms with E-state index in [9.17, 15) is 14.3 Å². The number of hydrogen-bond donors (Lipinski definition) is 1. The van der Waals surface area contributed by atoms with E-state index in [0.29, 0.717) is 6.54 Å². The fraction of sp³-hybridized carbons (Fsp3) is 0.571. The summed E-state index contributed by atoms with van der Waals surface area (Å²) in [6, 6.07) is 1.44. The van der Waals surface area contributed by atoms with Crippen LogP contribution in [0.15, 0.2) is 12.3 Å². The van der Waals surface area contributed by atoms with Crippen LogP contribution in [0.5, 0.6) is 5.75 Å². The fourth-order valence-corrected chi connectivity index (χ4v) is 2.43. The molecule has 0 radical (unpaired) electrons. The number of carbonyl (C=O) groups excluding carboxylic acids is 1. The van der Waals surface area contributed by atoms with Crippen molar-refractivity contribution in [1.29, 1.82) is 0 Å². The minimum atomic E-state index is -0.679. The van der Waals surface area contributed by atoms with Crippen molar-refractivity contribution in [2.75, 3.05) is 39.2 Å². The molecular weight excluding hydrogens is 277 g/mol. The lowest BCUT2D eigenvalue weighted by Gasteiger charge is -2.19. The molecule has 2 heterocycles. The molecule has 6 nitrogen and oxygen atoms in total. The third-order valence-corrected chi connectivity index (χ3v) is 3.70. The monoisotopic (exact) mass is 297 g/mol. The standard InChI is InChI=1S/C14H20FN3O3/c1-17(2)12(20)6-9-7-18(8-10(9)19)14-13(15)11(21-3)4-5-16-14/h4-5,9-10,19H,6-8H2,1-3H3/t9-,10-/m1/s1. The normalized spacial score (nSPS) is 21.5. The van der Waals surface area contributed by atoms with Gasteiger partial charge >= 0.3 is 0 Å². The summed E-state index contributed by atoms with van der Waals surface area (Å²) in [7, 11) is 4.73. The van der Waals surface area contributed by atoms with Crippen LogP contribution in [0.25, 0.3) is 0 Å². The molecule has 7 heteroatoms. The number of aliphatic hydroxyl groups excluding tert-OH is 1. The summed E-state index contributed by atoms with van der Waals surface area (Å²) in [5, 5.41) is 10.1. The van der Waals surface area contributed by atoms with Crippen molar-refractivity contribution in [2.45, 2.75) is 12.5 Å². The Balaban J connectivity index is 2.12. The highest BCUT2D eigenvalue weighted by molar-refractivity contribution is 5.76. The number of aliphatic hydroxyl groups is 1. The molecule has 1 fully saturated rings. The minimum Gasteiger partial charge on any atom is -0.493 e. The van der Waals surface area contributed by atoms with Gasteiger partial charge in [-0.05, 0) is 0 Å². The number of ether oxygens (including phenoxy) is 1. The van der Waals surface area contributed by atoms with Crippen LogP contribution in [-0.4, -0.2) is 61.3 Å². The molecule has 0 saturated carbocycles. The lowest BCUT2D eigenvalue weighted by atomic mass is 10.0. The van der Waals surface area contributed by atoms with Crippen LogP contribution in [0, 0.1) is 11.7 Å². The number of β-amino-alcohol motifs (C(OH)–C–C–N with tert-alkyl or cyclic N) is 1. The summed E-state index contributed by atoms with van der Waals surface area (Å²) in [6.45, 7) is 0.639. The van der Waals surface area contributed by atoms with Crippen molar-refractivity contribution in [2.24, 2.45) is 5.92 Å². The number of halogens is 1. The van der Waals surface area contributed by atoms with Gasteiger partial charge in [-0.1, -0.05) is 0 Å². The van der Waals surface area contributed by atoms with Gasteiger partial charge in [0.2, 0.25) is 11.7 Å². The first-order valence-electron chi connectivity index (χ1n) is 6.75. The van der Waals surface area contributed by atoms with Crippen LogP contribution in [0.1, 0.15) is 6.42 Å². The molecule has 1 saturated heterocycles. The van der Waals surface area contributed by atoms with Gasteiger partial charge in [0, 0.05) is 51.8 Å². The number of rotatable bonds is 4. The maximum atomic E-state index is 14.2. The van der Waals surface area contributed by atoms with Gasteiger partial charge in [-0.2, -0.15) is 4.39 Å². The molecule has 0 unspecified atom stereocenters. The molecule has 1 aromatic heterocycles. The highest BCUT2D eigenvalue weighted by Gasteiger charge is 2.35. The van der Waals surface area contributed by atoms with E-state index < -0.39 is 11.9 Å². The predicted octanol–water partition coefficient (Wildman–Crippen LogP) is 0.505. The number of carbonyl (C=O) groups is 1. The lowest BCUT2D eigenvalue weighted by Crippen LogP contribution is -2.28. The summed E-state index contributed by atoms with van der Waals surface area (Å²) >= 11 is 0. The van der Waals surface area contributed by atoms with E-state index in [1.165, 1.54) is 24.3 Å². The van der Waals surface area contributed by atoms with Crippen LogP contribution in [0.2, 0.25) is 0 Å². The number of aromatic nitrogens is 1. The topological polar surface area (TPSA) is 65.9 Å². The van der Waals surface area contributed by atoms with Crippen LogP contribution in [0.4, 0.5) is 10.2 Å². The molecule has 0 aliphatic carbocycles. The number of nitrogens with zero attached hydrogens (tertiary/aromatic N) is 3. The maximum absolute atomic E-state index is 14.2. The Kier molecular flexibility index (Phi) is 4.62. The van der Waals surface area contributed by atoms with E-state index in [-0.39, 0.29) is 36.4 Å². The molecule has 2 rings (SSSR count). The van der Waals surface area contributed by atoms with Crippen molar-refractivity contribution >= 4 is 11.7 Å². The number of amides is 1. The molecule has 1 aromatic rings. The summed E-state index contributed by atoms with van der Waals surface area (Å²) in [5.74, 6) is -0.574. The smallest absolute Gasteiger partial charge is 0.222 e. The van der Waals surface area contributed by atoms with E-state index in [1.807, 2.05) is 0 Å². The number of methoxy groups -OCH3 is 1. The van der Waals surface area contributed by atoms with Gasteiger partial charge in [0.25, 0.3) is 0 Å². The molecule has 116 valence electrons. The average molecular weight is 297 g/mol. The van der Waals surface area contributed by atoms with Gasteiger partial charge in [0.05, 0.1) is 13.2 Å². The van der Waals surface area contributed by atoms with Gasteiger partial charge < -0.3 is 19.6 Å². The Bertz CT molecular complexity index is 524. The van der Waals surface area contributed by atoms with Crippen molar-refractivity contribution in [3.05, 3.63) is 18.1 Å². The minimum absolute atomic E-state index is 0.0556. The molecule has 0 aromatic carbocycles. The van der Waals surface area contributed by atoms with Crippen molar-refractivity contribution in [3.63, 3.8) is 0 Å². The first-order chi connectivity index (χ1) is 9.93. The third kappa shape index (κ3) is 3.24. The maximum Gasteiger partial charge on any atom is 0.222 e. The molecule has 1 amide bonds. The first kappa shape index (κ1) is 15.5. The number of anilines is 1. The third-order valence-electron chi connectivity index (χ3n) is 3.70. The van der Waals surface area contributed by atoms with Crippen molar-refractivity contribution < 1.29 is 19.0 Å². The van der Waals surface area contributed by atoms with E-state index in [4.69, 9.17) is 4.74 Å². The number of pyridine rings is 1. The van der Waals surface area contributed by atoms with Crippen LogP contribution >= 0.6 is 0 Å². The summed E-state index contributed by atoms with van der Waals surface area (Å²) in [4.78, 5) is 18.9. The highest BCUT2D eigenvalue weighted by atomic mass is 19.1. The summed E-state index contributed by atoms with van der Waals surface area (Å²) in [5.41, 5.74) is 0. The molecule has 21 heavy (non-hydrogen) atoms. The molecular formula is C14H20FN3O3. The number of hydrogen-bond acceptors (Lipinski definition) is 5. The van der Waals surface area contributed by atoms with Gasteiger partial charge in [-0.3, -0.25) is 4.79 Å². The van der Waals surface area contributed by atoms with E-state index in [1.54, 1.807) is 19.0 Å². The second-order valence-corrected chi connectivity index (χ2v) is 5.38. The summed E-state index contributed by atoms with van der Waals surface area (Å²) < 4.78 is 19.1. The predicted molar refractivity (Wildman–Crippen MR) is 75.8 cm³/mol. The van der Waals surface area contributed by atoms with E-state index in [0.717, 1.165) is 0 Å². The second kappa shape index (κ2) is 6.26. The zero-order chi connectivity index (χ0) is 15.6. The summed E-state index contributed by atoms with van der Waals surface area (Å²) in [6.07, 6.45) is 1.01. The van der Waals surface area contributed by atoms with Gasteiger partial charge in [-0.25, -0.2) is 4.98 Å². The quantitative estimate of drug-likeness (QED) is 0.877. The largest absolute Gasteiger partial charge is 0.493 e. The first-order valence-corrected chi connectivity index (χ1v) is 6.75. The van der Waals surface area contributed by atoms with Crippen molar-refractivity contribution in [1.82, 2.24) is 9.88 Å². The fourth-order valence-electron chi connectivity index (χ4n) is 2.43. The van der Waals surface area contributed by atoms with Gasteiger partial charge in [0.15, 0.2) is 11.6 Å². The molecule has 2 atom stereocenters. The lowest BCUT2D eigenvalue weighted by molar-refractivity contribution is -0.130. The SMILES string of the molecule is COc1ccnc(N2C[C@@H](CC(=O)N(C)C)[C@H](O)C2)c1F. The molecule has 0 bridgehead atoms. The Morgan fingerprint density at radius 2 is 2.29 bits per heavy atom. The van der Waals surface area contributed by atoms with Crippen LogP contribution in [-0.2, 0) is 4.79 Å². The zero-order valence-corrected chi connectivity index (χ0v) is 12.4. The van der Waals surface area contributed by atoms with Crippen LogP contribution in [0.3, 0.4) is 0 Å². The Labute approximate surface area is 123 Å². The zero-order valence-electron chi connectivity index (χ0n) is 12.4. The second-order valence-electron chi connectivity index (χ2n) is 5.38. The van der Waals surface area contributed by atoms with E-state index >= 15 is 0 Å². The van der Waals surface area contributed by atoms with Crippen molar-refractivity contribution in [3.8, 4) is 5.75 Å². The average Bonchev–Trinajstić information content (AvgIpc) is 2.80. The van der Waals surface area contributed by atoms with Gasteiger partial charge in [-0.15, -0.1) is 0 Å². The highest BCUT2D eigenvalue weighted by Crippen LogP contribution is 2.30. The molecule has 1 aliphatic heterocycles. The molecule has 1 N–H and O–H groups in total. The van der Waals surface area contributed by atoms with Crippen LogP contribution < -0.4 is 9.64 Å². The van der Waals surface area contributed by atoms with Gasteiger partial charge in [0.1, 0.15) is 0 Å². The Hall–Kier alpha value is -1.89. The Morgan fingerprint density at radius 3 is 2.90 bits per heavy atom. The molecule has 1 aliphatic rings. The Morgan fingerprint density at radius 1 is 1.57 bits per heavy atom. The van der Waals surface area contributed by atoms with E-state index in [2.05, 4.69) is 4.98 Å².